The van der Waals surface area contributed by atoms with E-state index in [1.807, 2.05) is 0 Å². The van der Waals surface area contributed by atoms with Crippen molar-refractivity contribution in [1.82, 2.24) is 30.5 Å². The van der Waals surface area contributed by atoms with Crippen LogP contribution in [0.25, 0.3) is 10.9 Å². The molecule has 2 atom stereocenters. The van der Waals surface area contributed by atoms with E-state index in [2.05, 4.69) is 37.4 Å². The largest absolute Gasteiger partial charge is 0.317 e. The molecule has 4 heterocycles. The van der Waals surface area contributed by atoms with Crippen LogP contribution >= 0.6 is 0 Å². The molecule has 2 aromatic heterocycles. The third-order valence-corrected chi connectivity index (χ3v) is 6.17. The minimum absolute atomic E-state index is 0.109. The smallest absolute Gasteiger partial charge is 0.258 e. The van der Waals surface area contributed by atoms with Gasteiger partial charge in [-0.3, -0.25) is 14.7 Å². The van der Waals surface area contributed by atoms with E-state index in [1.165, 1.54) is 38.6 Å². The number of nitrogens with zero attached hydrogens (tertiary/aromatic N) is 3. The Bertz CT molecular complexity index is 815. The van der Waals surface area contributed by atoms with E-state index in [0.717, 1.165) is 31.4 Å². The van der Waals surface area contributed by atoms with Crippen LogP contribution in [0.2, 0.25) is 0 Å². The van der Waals surface area contributed by atoms with Gasteiger partial charge in [-0.05, 0) is 70.8 Å². The van der Waals surface area contributed by atoms with E-state index in [4.69, 9.17) is 0 Å². The average molecular weight is 371 g/mol. The van der Waals surface area contributed by atoms with Gasteiger partial charge in [0.05, 0.1) is 17.4 Å². The summed E-state index contributed by atoms with van der Waals surface area (Å²) in [4.78, 5) is 26.0. The molecule has 27 heavy (non-hydrogen) atoms. The number of fused-ring (bicyclic) bond motifs is 1. The van der Waals surface area contributed by atoms with Gasteiger partial charge in [-0.2, -0.15) is 0 Å². The Hall–Kier alpha value is -1.83. The minimum Gasteiger partial charge on any atom is -0.317 e. The van der Waals surface area contributed by atoms with Crippen molar-refractivity contribution < 1.29 is 0 Å². The zero-order chi connectivity index (χ0) is 18.6. The number of piperidine rings is 2. The summed E-state index contributed by atoms with van der Waals surface area (Å²) in [7, 11) is 0. The lowest BCUT2D eigenvalue weighted by molar-refractivity contribution is 0.0617. The molecule has 7 nitrogen and oxygen atoms in total. The summed E-state index contributed by atoms with van der Waals surface area (Å²) in [5.41, 5.74) is 1.43. The van der Waals surface area contributed by atoms with Crippen molar-refractivity contribution in [1.29, 1.82) is 0 Å². The van der Waals surface area contributed by atoms with Crippen LogP contribution in [0.4, 0.5) is 0 Å². The van der Waals surface area contributed by atoms with Gasteiger partial charge in [-0.15, -0.1) is 0 Å². The predicted molar refractivity (Wildman–Crippen MR) is 107 cm³/mol. The van der Waals surface area contributed by atoms with E-state index in [9.17, 15) is 4.79 Å². The summed E-state index contributed by atoms with van der Waals surface area (Å²) in [6.07, 6.45) is 8.21. The lowest BCUT2D eigenvalue weighted by Gasteiger charge is -2.44. The van der Waals surface area contributed by atoms with Gasteiger partial charge in [-0.25, -0.2) is 4.98 Å². The number of nitrogens with one attached hydrogen (secondary N) is 3. The van der Waals surface area contributed by atoms with Crippen molar-refractivity contribution in [3.05, 3.63) is 34.6 Å². The van der Waals surface area contributed by atoms with Crippen molar-refractivity contribution in [2.45, 2.75) is 51.2 Å². The zero-order valence-corrected chi connectivity index (χ0v) is 16.1. The van der Waals surface area contributed by atoms with E-state index in [1.54, 1.807) is 12.3 Å². The number of aromatic amines is 1. The molecule has 1 unspecified atom stereocenters. The first-order valence-corrected chi connectivity index (χ1v) is 10.2. The molecule has 4 rings (SSSR count). The summed E-state index contributed by atoms with van der Waals surface area (Å²) in [6, 6.07) is 3.15. The summed E-state index contributed by atoms with van der Waals surface area (Å²) in [6.45, 7) is 7.56. The topological polar surface area (TPSA) is 85.9 Å². The van der Waals surface area contributed by atoms with E-state index >= 15 is 0 Å². The second-order valence-electron chi connectivity index (χ2n) is 7.97. The molecule has 0 bridgehead atoms. The Morgan fingerprint density at radius 2 is 2.11 bits per heavy atom. The number of likely N-dealkylation sites (tertiary alicyclic amines) is 1. The molecule has 0 spiro atoms. The van der Waals surface area contributed by atoms with Gasteiger partial charge in [0.25, 0.3) is 5.56 Å². The Kier molecular flexibility index (Phi) is 5.80. The van der Waals surface area contributed by atoms with Crippen LogP contribution in [0.15, 0.2) is 23.4 Å². The molecule has 2 saturated heterocycles. The fourth-order valence-corrected chi connectivity index (χ4v) is 4.74. The number of aromatic nitrogens is 3. The summed E-state index contributed by atoms with van der Waals surface area (Å²) >= 11 is 0. The van der Waals surface area contributed by atoms with Crippen LogP contribution in [-0.2, 0) is 6.54 Å². The standard InChI is InChI=1S/C20H30N6O/c1-14-10-15(5-9-26(14)16-2-6-21-7-3-16)11-22-12-18-19-17(4-8-23-18)20(27)25-13-24-19/h4,8,13-16,21-22H,2-3,5-7,9-12H2,1H3,(H,24,25,27)/t14-,15?/m1/s1. The van der Waals surface area contributed by atoms with Crippen molar-refractivity contribution in [3.8, 4) is 0 Å². The highest BCUT2D eigenvalue weighted by atomic mass is 16.1. The van der Waals surface area contributed by atoms with Gasteiger partial charge in [0.15, 0.2) is 0 Å². The molecule has 2 fully saturated rings. The maximum Gasteiger partial charge on any atom is 0.258 e. The van der Waals surface area contributed by atoms with Crippen LogP contribution in [-0.4, -0.2) is 58.1 Å². The van der Waals surface area contributed by atoms with E-state index in [-0.39, 0.29) is 5.56 Å². The van der Waals surface area contributed by atoms with Crippen LogP contribution in [0.3, 0.4) is 0 Å². The third-order valence-electron chi connectivity index (χ3n) is 6.17. The Balaban J connectivity index is 1.30. The Morgan fingerprint density at radius 1 is 1.26 bits per heavy atom. The predicted octanol–water partition coefficient (Wildman–Crippen LogP) is 1.26. The number of H-pyrrole nitrogens is 1. The molecule has 0 aliphatic carbocycles. The maximum atomic E-state index is 11.9. The summed E-state index contributed by atoms with van der Waals surface area (Å²) in [5, 5.41) is 7.63. The highest BCUT2D eigenvalue weighted by Crippen LogP contribution is 2.27. The normalized spacial score (nSPS) is 25.1. The van der Waals surface area contributed by atoms with Gasteiger partial charge in [0, 0.05) is 24.8 Å². The van der Waals surface area contributed by atoms with Crippen molar-refractivity contribution in [3.63, 3.8) is 0 Å². The molecule has 7 heteroatoms. The van der Waals surface area contributed by atoms with Crippen molar-refractivity contribution >= 4 is 10.9 Å². The first-order valence-electron chi connectivity index (χ1n) is 10.2. The maximum absolute atomic E-state index is 11.9. The highest BCUT2D eigenvalue weighted by molar-refractivity contribution is 5.78. The van der Waals surface area contributed by atoms with Crippen molar-refractivity contribution in [2.75, 3.05) is 26.2 Å². The van der Waals surface area contributed by atoms with Gasteiger partial charge < -0.3 is 15.6 Å². The summed E-state index contributed by atoms with van der Waals surface area (Å²) in [5.74, 6) is 0.698. The molecule has 2 aliphatic heterocycles. The second-order valence-corrected chi connectivity index (χ2v) is 7.97. The molecule has 0 saturated carbocycles. The second kappa shape index (κ2) is 8.46. The number of hydrogen-bond acceptors (Lipinski definition) is 6. The number of hydrogen-bond donors (Lipinski definition) is 3. The van der Waals surface area contributed by atoms with Crippen molar-refractivity contribution in [2.24, 2.45) is 5.92 Å². The molecular formula is C20H30N6O. The van der Waals surface area contributed by atoms with E-state index in [0.29, 0.717) is 29.4 Å². The molecule has 2 aliphatic rings. The highest BCUT2D eigenvalue weighted by Gasteiger charge is 2.30. The van der Waals surface area contributed by atoms with Crippen LogP contribution < -0.4 is 16.2 Å². The van der Waals surface area contributed by atoms with E-state index < -0.39 is 0 Å². The first kappa shape index (κ1) is 18.5. The quantitative estimate of drug-likeness (QED) is 0.735. The number of rotatable bonds is 5. The van der Waals surface area contributed by atoms with Crippen LogP contribution in [0.1, 0.15) is 38.3 Å². The molecular weight excluding hydrogens is 340 g/mol. The third kappa shape index (κ3) is 4.20. The summed E-state index contributed by atoms with van der Waals surface area (Å²) < 4.78 is 0. The fourth-order valence-electron chi connectivity index (χ4n) is 4.74. The Labute approximate surface area is 160 Å². The van der Waals surface area contributed by atoms with Gasteiger partial charge in [-0.1, -0.05) is 0 Å². The number of pyridine rings is 1. The zero-order valence-electron chi connectivity index (χ0n) is 16.1. The minimum atomic E-state index is -0.109. The Morgan fingerprint density at radius 3 is 2.93 bits per heavy atom. The molecule has 0 radical (unpaired) electrons. The fraction of sp³-hybridized carbons (Fsp3) is 0.650. The monoisotopic (exact) mass is 370 g/mol. The van der Waals surface area contributed by atoms with Gasteiger partial charge in [0.1, 0.15) is 5.52 Å². The molecule has 146 valence electrons. The van der Waals surface area contributed by atoms with Crippen LogP contribution in [0, 0.1) is 5.92 Å². The van der Waals surface area contributed by atoms with Crippen LogP contribution in [0.5, 0.6) is 0 Å². The first-order chi connectivity index (χ1) is 13.2. The SMILES string of the molecule is C[C@@H]1CC(CNCc2nccc3c(=O)[nH]cnc23)CCN1C1CCNCC1. The molecule has 2 aromatic rings. The van der Waals surface area contributed by atoms with Gasteiger partial charge in [0.2, 0.25) is 0 Å². The van der Waals surface area contributed by atoms with Gasteiger partial charge >= 0.3 is 0 Å². The lowest BCUT2D eigenvalue weighted by Crippen LogP contribution is -2.51. The lowest BCUT2D eigenvalue weighted by atomic mass is 9.89. The molecule has 0 aromatic carbocycles. The average Bonchev–Trinajstić information content (AvgIpc) is 2.69. The molecule has 3 N–H and O–H groups in total. The molecule has 0 amide bonds.